The van der Waals surface area contributed by atoms with Crippen LogP contribution in [0.3, 0.4) is 0 Å². The highest BCUT2D eigenvalue weighted by molar-refractivity contribution is 5.97. The van der Waals surface area contributed by atoms with Crippen LogP contribution in [0.15, 0.2) is 24.3 Å². The van der Waals surface area contributed by atoms with Crippen molar-refractivity contribution in [3.8, 4) is 5.75 Å². The zero-order valence-corrected chi connectivity index (χ0v) is 13.0. The number of piperazine rings is 1. The van der Waals surface area contributed by atoms with Crippen LogP contribution >= 0.6 is 0 Å². The standard InChI is InChI=1S/C16H21N3O4/c1-23-12-4-2-3-10(5-12)7-17-11-6-14-15(21)18-13(9-20)16(22)19(14)8-11/h2-5,11,13-14,17,20H,6-9H2,1H3,(H,18,21)/t11-,13+,14-/m0/s1. The van der Waals surface area contributed by atoms with Crippen LogP contribution in [-0.2, 0) is 16.1 Å². The number of amides is 2. The summed E-state index contributed by atoms with van der Waals surface area (Å²) in [4.78, 5) is 25.8. The number of hydrogen-bond donors (Lipinski definition) is 3. The van der Waals surface area contributed by atoms with Crippen LogP contribution in [0.2, 0.25) is 0 Å². The molecule has 3 atom stereocenters. The van der Waals surface area contributed by atoms with Crippen molar-refractivity contribution in [2.75, 3.05) is 20.3 Å². The normalized spacial score (nSPS) is 26.9. The Morgan fingerprint density at radius 1 is 1.43 bits per heavy atom. The SMILES string of the molecule is COc1cccc(CN[C@H]2C[C@H]3C(=O)N[C@H](CO)C(=O)N3C2)c1. The molecule has 1 aromatic carbocycles. The zero-order chi connectivity index (χ0) is 16.4. The van der Waals surface area contributed by atoms with Gasteiger partial charge in [-0.15, -0.1) is 0 Å². The van der Waals surface area contributed by atoms with Gasteiger partial charge in [0.1, 0.15) is 17.8 Å². The van der Waals surface area contributed by atoms with Gasteiger partial charge in [-0.2, -0.15) is 0 Å². The Kier molecular flexibility index (Phi) is 4.49. The fraction of sp³-hybridized carbons (Fsp3) is 0.500. The van der Waals surface area contributed by atoms with Gasteiger partial charge in [0.25, 0.3) is 0 Å². The fourth-order valence-electron chi connectivity index (χ4n) is 3.17. The molecule has 23 heavy (non-hydrogen) atoms. The van der Waals surface area contributed by atoms with Gasteiger partial charge in [-0.05, 0) is 24.1 Å². The number of nitrogens with one attached hydrogen (secondary N) is 2. The largest absolute Gasteiger partial charge is 0.497 e. The van der Waals surface area contributed by atoms with Crippen molar-refractivity contribution in [2.45, 2.75) is 31.1 Å². The number of fused-ring (bicyclic) bond motifs is 1. The number of methoxy groups -OCH3 is 1. The maximum atomic E-state index is 12.2. The van der Waals surface area contributed by atoms with E-state index in [2.05, 4.69) is 10.6 Å². The lowest BCUT2D eigenvalue weighted by molar-refractivity contribution is -0.148. The van der Waals surface area contributed by atoms with E-state index >= 15 is 0 Å². The lowest BCUT2D eigenvalue weighted by atomic mass is 10.1. The molecule has 1 aromatic rings. The van der Waals surface area contributed by atoms with Gasteiger partial charge in [-0.1, -0.05) is 12.1 Å². The Morgan fingerprint density at radius 3 is 3.00 bits per heavy atom. The van der Waals surface area contributed by atoms with Gasteiger partial charge >= 0.3 is 0 Å². The van der Waals surface area contributed by atoms with E-state index < -0.39 is 12.1 Å². The molecule has 2 fully saturated rings. The summed E-state index contributed by atoms with van der Waals surface area (Å²) in [5, 5.41) is 15.1. The Balaban J connectivity index is 1.61. The van der Waals surface area contributed by atoms with Crippen LogP contribution in [-0.4, -0.2) is 60.2 Å². The highest BCUT2D eigenvalue weighted by atomic mass is 16.5. The molecule has 0 unspecified atom stereocenters. The third kappa shape index (κ3) is 3.16. The number of aliphatic hydroxyl groups excluding tert-OH is 1. The smallest absolute Gasteiger partial charge is 0.248 e. The second-order valence-corrected chi connectivity index (χ2v) is 5.92. The second kappa shape index (κ2) is 6.55. The van der Waals surface area contributed by atoms with Crippen LogP contribution < -0.4 is 15.4 Å². The van der Waals surface area contributed by atoms with Crippen LogP contribution in [0.25, 0.3) is 0 Å². The van der Waals surface area contributed by atoms with Crippen LogP contribution in [0.1, 0.15) is 12.0 Å². The lowest BCUT2D eigenvalue weighted by Crippen LogP contribution is -2.62. The minimum atomic E-state index is -0.809. The molecule has 3 rings (SSSR count). The molecule has 0 aliphatic carbocycles. The molecule has 0 spiro atoms. The summed E-state index contributed by atoms with van der Waals surface area (Å²) in [5.74, 6) is 0.408. The number of ether oxygens (including phenoxy) is 1. The van der Waals surface area contributed by atoms with E-state index in [1.807, 2.05) is 24.3 Å². The van der Waals surface area contributed by atoms with Crippen molar-refractivity contribution in [1.82, 2.24) is 15.5 Å². The molecule has 2 aliphatic rings. The molecular weight excluding hydrogens is 298 g/mol. The van der Waals surface area contributed by atoms with Gasteiger partial charge < -0.3 is 25.4 Å². The summed E-state index contributed by atoms with van der Waals surface area (Å²) in [7, 11) is 1.63. The quantitative estimate of drug-likeness (QED) is 0.664. The highest BCUT2D eigenvalue weighted by Gasteiger charge is 2.45. The molecule has 124 valence electrons. The summed E-state index contributed by atoms with van der Waals surface area (Å²) in [6, 6.07) is 6.57. The third-order valence-corrected chi connectivity index (χ3v) is 4.41. The van der Waals surface area contributed by atoms with Gasteiger partial charge in [0.05, 0.1) is 13.7 Å². The van der Waals surface area contributed by atoms with Crippen LogP contribution in [0.4, 0.5) is 0 Å². The summed E-state index contributed by atoms with van der Waals surface area (Å²) < 4.78 is 5.20. The van der Waals surface area contributed by atoms with Crippen molar-refractivity contribution in [3.05, 3.63) is 29.8 Å². The first-order valence-corrected chi connectivity index (χ1v) is 7.70. The van der Waals surface area contributed by atoms with Crippen molar-refractivity contribution < 1.29 is 19.4 Å². The summed E-state index contributed by atoms with van der Waals surface area (Å²) in [6.07, 6.45) is 0.583. The van der Waals surface area contributed by atoms with Crippen LogP contribution in [0.5, 0.6) is 5.75 Å². The molecule has 7 heteroatoms. The van der Waals surface area contributed by atoms with Crippen molar-refractivity contribution in [3.63, 3.8) is 0 Å². The van der Waals surface area contributed by atoms with Crippen molar-refractivity contribution in [2.24, 2.45) is 0 Å². The first kappa shape index (κ1) is 15.8. The molecule has 2 aliphatic heterocycles. The fourth-order valence-corrected chi connectivity index (χ4v) is 3.17. The Hall–Kier alpha value is -2.12. The van der Waals surface area contributed by atoms with Gasteiger partial charge in [-0.3, -0.25) is 9.59 Å². The summed E-state index contributed by atoms with van der Waals surface area (Å²) >= 11 is 0. The van der Waals surface area contributed by atoms with E-state index in [1.54, 1.807) is 12.0 Å². The third-order valence-electron chi connectivity index (χ3n) is 4.41. The molecule has 2 heterocycles. The average molecular weight is 319 g/mol. The van der Waals surface area contributed by atoms with Crippen molar-refractivity contribution >= 4 is 11.8 Å². The molecule has 2 saturated heterocycles. The molecule has 0 saturated carbocycles. The number of hydrogen-bond acceptors (Lipinski definition) is 5. The maximum absolute atomic E-state index is 12.2. The predicted molar refractivity (Wildman–Crippen MR) is 82.8 cm³/mol. The second-order valence-electron chi connectivity index (χ2n) is 5.92. The Bertz CT molecular complexity index is 607. The summed E-state index contributed by atoms with van der Waals surface area (Å²) in [6.45, 7) is 0.759. The zero-order valence-electron chi connectivity index (χ0n) is 13.0. The molecule has 3 N–H and O–H groups in total. The van der Waals surface area contributed by atoms with Gasteiger partial charge in [0.2, 0.25) is 11.8 Å². The molecular formula is C16H21N3O4. The van der Waals surface area contributed by atoms with Gasteiger partial charge in [0, 0.05) is 19.1 Å². The molecule has 7 nitrogen and oxygen atoms in total. The van der Waals surface area contributed by atoms with E-state index in [0.717, 1.165) is 11.3 Å². The number of carbonyl (C=O) groups excluding carboxylic acids is 2. The first-order chi connectivity index (χ1) is 11.1. The van der Waals surface area contributed by atoms with Gasteiger partial charge in [0.15, 0.2) is 0 Å². The number of rotatable bonds is 5. The Morgan fingerprint density at radius 2 is 2.26 bits per heavy atom. The monoisotopic (exact) mass is 319 g/mol. The highest BCUT2D eigenvalue weighted by Crippen LogP contribution is 2.23. The lowest BCUT2D eigenvalue weighted by Gasteiger charge is -2.33. The average Bonchev–Trinajstić information content (AvgIpc) is 3.01. The van der Waals surface area contributed by atoms with Gasteiger partial charge in [-0.25, -0.2) is 0 Å². The molecule has 0 aromatic heterocycles. The van der Waals surface area contributed by atoms with E-state index in [1.165, 1.54) is 0 Å². The van der Waals surface area contributed by atoms with E-state index in [-0.39, 0.29) is 24.5 Å². The predicted octanol–water partition coefficient (Wildman–Crippen LogP) is -0.755. The minimum absolute atomic E-state index is 0.0540. The minimum Gasteiger partial charge on any atom is -0.497 e. The maximum Gasteiger partial charge on any atom is 0.248 e. The van der Waals surface area contributed by atoms with Crippen LogP contribution in [0, 0.1) is 0 Å². The number of carbonyl (C=O) groups is 2. The van der Waals surface area contributed by atoms with E-state index in [0.29, 0.717) is 19.5 Å². The van der Waals surface area contributed by atoms with E-state index in [9.17, 15) is 14.7 Å². The number of nitrogens with zero attached hydrogens (tertiary/aromatic N) is 1. The first-order valence-electron chi connectivity index (χ1n) is 7.70. The number of benzene rings is 1. The molecule has 0 bridgehead atoms. The molecule has 0 radical (unpaired) electrons. The summed E-state index contributed by atoms with van der Waals surface area (Å²) in [5.41, 5.74) is 1.08. The Labute approximate surface area is 134 Å². The molecule has 2 amide bonds. The van der Waals surface area contributed by atoms with E-state index in [4.69, 9.17) is 4.74 Å². The van der Waals surface area contributed by atoms with Crippen molar-refractivity contribution in [1.29, 1.82) is 0 Å². The topological polar surface area (TPSA) is 90.9 Å². The number of aliphatic hydroxyl groups is 1.